The van der Waals surface area contributed by atoms with Gasteiger partial charge in [-0.1, -0.05) is 15.9 Å². The molecule has 1 saturated heterocycles. The number of H-pyrrole nitrogens is 1. The molecule has 0 aliphatic carbocycles. The fourth-order valence-corrected chi connectivity index (χ4v) is 3.95. The summed E-state index contributed by atoms with van der Waals surface area (Å²) in [6.07, 6.45) is 0. The van der Waals surface area contributed by atoms with Crippen molar-refractivity contribution in [2.75, 3.05) is 38.4 Å². The van der Waals surface area contributed by atoms with Gasteiger partial charge in [0.15, 0.2) is 5.75 Å². The lowest BCUT2D eigenvalue weighted by Gasteiger charge is -2.28. The maximum Gasteiger partial charge on any atom is 0.387 e. The lowest BCUT2D eigenvalue weighted by molar-refractivity contribution is -0.125. The smallest absolute Gasteiger partial charge is 0.387 e. The van der Waals surface area contributed by atoms with Crippen LogP contribution in [0.15, 0.2) is 40.9 Å². The van der Waals surface area contributed by atoms with E-state index in [4.69, 9.17) is 9.47 Å². The summed E-state index contributed by atoms with van der Waals surface area (Å²) in [7, 11) is 1.49. The van der Waals surface area contributed by atoms with Gasteiger partial charge >= 0.3 is 6.61 Å². The van der Waals surface area contributed by atoms with Crippen LogP contribution in [0.3, 0.4) is 0 Å². The highest BCUT2D eigenvalue weighted by Gasteiger charge is 2.26. The topological polar surface area (TPSA) is 106 Å². The predicted octanol–water partition coefficient (Wildman–Crippen LogP) is 3.41. The number of aromatic nitrogens is 2. The normalized spacial score (nSPS) is 15.1. The van der Waals surface area contributed by atoms with E-state index in [1.54, 1.807) is 0 Å². The standard InChI is InChI=1S/C22H21BrF2N4O5/c1-32-10-16(20-26-14-4-3-13(23)9-15(14)27-20)28-21(31)12-2-5-17(18(8-12)34-22(24)25)29-6-7-33-11-19(29)30/h2-5,8-9,16,22H,6-7,10-11H2,1H3,(H,26,27)(H,28,31). The molecular formula is C22H21BrF2N4O5. The van der Waals surface area contributed by atoms with E-state index in [1.807, 2.05) is 18.2 Å². The Morgan fingerprint density at radius 2 is 2.15 bits per heavy atom. The number of carbonyl (C=O) groups is 2. The van der Waals surface area contributed by atoms with E-state index >= 15 is 0 Å². The number of imidazole rings is 1. The van der Waals surface area contributed by atoms with Crippen LogP contribution in [-0.4, -0.2) is 61.9 Å². The molecule has 0 spiro atoms. The number of morpholine rings is 1. The molecule has 0 radical (unpaired) electrons. The van der Waals surface area contributed by atoms with Gasteiger partial charge in [0, 0.05) is 23.7 Å². The molecule has 1 aromatic heterocycles. The van der Waals surface area contributed by atoms with Crippen LogP contribution in [-0.2, 0) is 14.3 Å². The number of rotatable bonds is 8. The molecule has 12 heteroatoms. The van der Waals surface area contributed by atoms with Crippen LogP contribution in [0.1, 0.15) is 22.2 Å². The number of carbonyl (C=O) groups excluding carboxylic acids is 2. The van der Waals surface area contributed by atoms with E-state index < -0.39 is 18.6 Å². The summed E-state index contributed by atoms with van der Waals surface area (Å²) in [5, 5.41) is 2.80. The third kappa shape index (κ3) is 5.34. The number of nitrogens with one attached hydrogen (secondary N) is 2. The second-order valence-electron chi connectivity index (χ2n) is 7.42. The van der Waals surface area contributed by atoms with Crippen molar-refractivity contribution in [3.63, 3.8) is 0 Å². The molecule has 4 rings (SSSR count). The van der Waals surface area contributed by atoms with Gasteiger partial charge < -0.3 is 29.4 Å². The number of nitrogens with zero attached hydrogens (tertiary/aromatic N) is 2. The number of fused-ring (bicyclic) bond motifs is 1. The second-order valence-corrected chi connectivity index (χ2v) is 8.34. The Labute approximate surface area is 201 Å². The Hall–Kier alpha value is -3.09. The number of hydrogen-bond donors (Lipinski definition) is 2. The summed E-state index contributed by atoms with van der Waals surface area (Å²) in [6.45, 7) is -2.74. The predicted molar refractivity (Wildman–Crippen MR) is 122 cm³/mol. The summed E-state index contributed by atoms with van der Waals surface area (Å²) in [5.41, 5.74) is 1.69. The third-order valence-electron chi connectivity index (χ3n) is 5.15. The van der Waals surface area contributed by atoms with Gasteiger partial charge in [-0.3, -0.25) is 9.59 Å². The van der Waals surface area contributed by atoms with Crippen LogP contribution in [0.2, 0.25) is 0 Å². The minimum atomic E-state index is -3.13. The highest BCUT2D eigenvalue weighted by molar-refractivity contribution is 9.10. The van der Waals surface area contributed by atoms with Crippen molar-refractivity contribution in [2.24, 2.45) is 0 Å². The zero-order chi connectivity index (χ0) is 24.2. The summed E-state index contributed by atoms with van der Waals surface area (Å²) in [5.74, 6) is -0.750. The maximum absolute atomic E-state index is 13.1. The Morgan fingerprint density at radius 1 is 1.32 bits per heavy atom. The van der Waals surface area contributed by atoms with E-state index in [-0.39, 0.29) is 49.3 Å². The number of alkyl halides is 2. The Morgan fingerprint density at radius 3 is 2.88 bits per heavy atom. The number of hydrogen-bond acceptors (Lipinski definition) is 6. The van der Waals surface area contributed by atoms with E-state index in [0.717, 1.165) is 9.99 Å². The molecular weight excluding hydrogens is 518 g/mol. The number of anilines is 1. The van der Waals surface area contributed by atoms with Gasteiger partial charge in [-0.2, -0.15) is 8.78 Å². The minimum Gasteiger partial charge on any atom is -0.433 e. The maximum atomic E-state index is 13.1. The average molecular weight is 539 g/mol. The number of ether oxygens (including phenoxy) is 3. The lowest BCUT2D eigenvalue weighted by atomic mass is 10.1. The zero-order valence-electron chi connectivity index (χ0n) is 18.0. The number of aromatic amines is 1. The first-order valence-electron chi connectivity index (χ1n) is 10.3. The van der Waals surface area contributed by atoms with Crippen molar-refractivity contribution < 1.29 is 32.6 Å². The van der Waals surface area contributed by atoms with Crippen molar-refractivity contribution in [3.05, 3.63) is 52.3 Å². The molecule has 1 fully saturated rings. The summed E-state index contributed by atoms with van der Waals surface area (Å²) in [6, 6.07) is 8.93. The molecule has 1 atom stereocenters. The third-order valence-corrected chi connectivity index (χ3v) is 5.64. The summed E-state index contributed by atoms with van der Waals surface area (Å²) in [4.78, 5) is 34.1. The largest absolute Gasteiger partial charge is 0.433 e. The molecule has 2 amide bonds. The number of methoxy groups -OCH3 is 1. The van der Waals surface area contributed by atoms with Crippen LogP contribution in [0.25, 0.3) is 11.0 Å². The SMILES string of the molecule is COCC(NC(=O)c1ccc(N2CCOCC2=O)c(OC(F)F)c1)c1nc2cc(Br)ccc2[nH]1. The number of benzene rings is 2. The molecule has 2 aromatic carbocycles. The number of amides is 2. The lowest BCUT2D eigenvalue weighted by Crippen LogP contribution is -2.42. The van der Waals surface area contributed by atoms with E-state index in [2.05, 4.69) is 36.0 Å². The number of halogens is 3. The van der Waals surface area contributed by atoms with Crippen molar-refractivity contribution in [1.29, 1.82) is 0 Å². The van der Waals surface area contributed by atoms with Gasteiger partial charge in [-0.15, -0.1) is 0 Å². The fourth-order valence-electron chi connectivity index (χ4n) is 3.60. The summed E-state index contributed by atoms with van der Waals surface area (Å²) < 4.78 is 42.0. The van der Waals surface area contributed by atoms with Crippen molar-refractivity contribution in [2.45, 2.75) is 12.7 Å². The Bertz CT molecular complexity index is 1210. The van der Waals surface area contributed by atoms with Gasteiger partial charge in [0.1, 0.15) is 18.5 Å². The van der Waals surface area contributed by atoms with E-state index in [0.29, 0.717) is 11.3 Å². The van der Waals surface area contributed by atoms with Crippen molar-refractivity contribution in [1.82, 2.24) is 15.3 Å². The van der Waals surface area contributed by atoms with E-state index in [1.165, 1.54) is 30.2 Å². The molecule has 1 aliphatic heterocycles. The molecule has 34 heavy (non-hydrogen) atoms. The van der Waals surface area contributed by atoms with Crippen LogP contribution < -0.4 is 15.0 Å². The van der Waals surface area contributed by atoms with Gasteiger partial charge in [0.05, 0.1) is 29.9 Å². The Kier molecular flexibility index (Phi) is 7.39. The monoisotopic (exact) mass is 538 g/mol. The average Bonchev–Trinajstić information content (AvgIpc) is 3.22. The summed E-state index contributed by atoms with van der Waals surface area (Å²) >= 11 is 3.40. The fraction of sp³-hybridized carbons (Fsp3) is 0.318. The van der Waals surface area contributed by atoms with Crippen molar-refractivity contribution in [3.8, 4) is 5.75 Å². The molecule has 0 bridgehead atoms. The van der Waals surface area contributed by atoms with Crippen LogP contribution in [0.4, 0.5) is 14.5 Å². The zero-order valence-corrected chi connectivity index (χ0v) is 19.6. The second kappa shape index (κ2) is 10.5. The molecule has 2 heterocycles. The molecule has 0 saturated carbocycles. The molecule has 2 N–H and O–H groups in total. The first-order chi connectivity index (χ1) is 16.4. The quantitative estimate of drug-likeness (QED) is 0.455. The van der Waals surface area contributed by atoms with Crippen LogP contribution >= 0.6 is 15.9 Å². The van der Waals surface area contributed by atoms with Crippen LogP contribution in [0.5, 0.6) is 5.75 Å². The van der Waals surface area contributed by atoms with Gasteiger partial charge in [-0.25, -0.2) is 4.98 Å². The Balaban J connectivity index is 1.60. The first kappa shape index (κ1) is 24.0. The minimum absolute atomic E-state index is 0.0695. The van der Waals surface area contributed by atoms with Gasteiger partial charge in [0.25, 0.3) is 11.8 Å². The molecule has 1 aliphatic rings. The molecule has 3 aromatic rings. The molecule has 9 nitrogen and oxygen atoms in total. The highest BCUT2D eigenvalue weighted by Crippen LogP contribution is 2.32. The van der Waals surface area contributed by atoms with Crippen LogP contribution in [0, 0.1) is 0 Å². The van der Waals surface area contributed by atoms with Gasteiger partial charge in [0.2, 0.25) is 0 Å². The van der Waals surface area contributed by atoms with E-state index in [9.17, 15) is 18.4 Å². The van der Waals surface area contributed by atoms with Crippen molar-refractivity contribution >= 4 is 44.5 Å². The molecule has 180 valence electrons. The van der Waals surface area contributed by atoms with Gasteiger partial charge in [-0.05, 0) is 36.4 Å². The highest BCUT2D eigenvalue weighted by atomic mass is 79.9. The molecule has 1 unspecified atom stereocenters. The first-order valence-corrected chi connectivity index (χ1v) is 11.1.